The zero-order chi connectivity index (χ0) is 10.7. The summed E-state index contributed by atoms with van der Waals surface area (Å²) in [6, 6.07) is 1.65. The Morgan fingerprint density at radius 3 is 3.13 bits per heavy atom. The minimum absolute atomic E-state index is 0.178. The molecule has 1 atom stereocenters. The minimum Gasteiger partial charge on any atom is -0.376 e. The van der Waals surface area contributed by atoms with Gasteiger partial charge in [-0.2, -0.15) is 4.98 Å². The second kappa shape index (κ2) is 4.63. The van der Waals surface area contributed by atoms with E-state index in [-0.39, 0.29) is 12.1 Å². The van der Waals surface area contributed by atoms with Gasteiger partial charge in [-0.3, -0.25) is 0 Å². The van der Waals surface area contributed by atoms with Crippen molar-refractivity contribution in [3.05, 3.63) is 11.2 Å². The second-order valence-electron chi connectivity index (χ2n) is 3.45. The Hall–Kier alpha value is -1.07. The van der Waals surface area contributed by atoms with Crippen LogP contribution in [-0.2, 0) is 4.74 Å². The number of hydrogen-bond acceptors (Lipinski definition) is 5. The van der Waals surface area contributed by atoms with Gasteiger partial charge in [0.2, 0.25) is 5.95 Å². The summed E-state index contributed by atoms with van der Waals surface area (Å²) in [4.78, 5) is 7.79. The summed E-state index contributed by atoms with van der Waals surface area (Å²) in [5, 5.41) is 3.47. The van der Waals surface area contributed by atoms with Gasteiger partial charge >= 0.3 is 0 Å². The van der Waals surface area contributed by atoms with E-state index in [1.54, 1.807) is 6.07 Å². The van der Waals surface area contributed by atoms with Gasteiger partial charge in [0.25, 0.3) is 0 Å². The van der Waals surface area contributed by atoms with Crippen molar-refractivity contribution in [2.45, 2.75) is 18.9 Å². The lowest BCUT2D eigenvalue weighted by atomic mass is 10.2. The second-order valence-corrected chi connectivity index (χ2v) is 3.84. The average Bonchev–Trinajstić information content (AvgIpc) is 2.65. The van der Waals surface area contributed by atoms with Gasteiger partial charge in [-0.25, -0.2) is 4.98 Å². The quantitative estimate of drug-likeness (QED) is 0.763. The molecule has 15 heavy (non-hydrogen) atoms. The highest BCUT2D eigenvalue weighted by Gasteiger charge is 2.15. The van der Waals surface area contributed by atoms with E-state index in [9.17, 15) is 0 Å². The van der Waals surface area contributed by atoms with E-state index in [1.165, 1.54) is 0 Å². The van der Waals surface area contributed by atoms with Gasteiger partial charge in [0.05, 0.1) is 6.10 Å². The first-order chi connectivity index (χ1) is 7.24. The molecule has 6 heteroatoms. The van der Waals surface area contributed by atoms with Gasteiger partial charge in [-0.15, -0.1) is 0 Å². The predicted octanol–water partition coefficient (Wildman–Crippen LogP) is 1.30. The SMILES string of the molecule is Nc1nc(Cl)cc(NC[C@@H]2CCCO2)n1. The molecule has 0 aromatic carbocycles. The van der Waals surface area contributed by atoms with Crippen molar-refractivity contribution >= 4 is 23.4 Å². The van der Waals surface area contributed by atoms with Crippen LogP contribution in [0.5, 0.6) is 0 Å². The molecule has 1 aromatic heterocycles. The lowest BCUT2D eigenvalue weighted by Gasteiger charge is -2.11. The third-order valence-electron chi connectivity index (χ3n) is 2.25. The van der Waals surface area contributed by atoms with Crippen LogP contribution in [0.2, 0.25) is 5.15 Å². The average molecular weight is 229 g/mol. The Morgan fingerprint density at radius 2 is 2.47 bits per heavy atom. The largest absolute Gasteiger partial charge is 0.376 e. The highest BCUT2D eigenvalue weighted by molar-refractivity contribution is 6.29. The summed E-state index contributed by atoms with van der Waals surface area (Å²) < 4.78 is 5.47. The van der Waals surface area contributed by atoms with Gasteiger partial charge in [0.15, 0.2) is 0 Å². The van der Waals surface area contributed by atoms with Gasteiger partial charge < -0.3 is 15.8 Å². The lowest BCUT2D eigenvalue weighted by Crippen LogP contribution is -2.19. The van der Waals surface area contributed by atoms with Crippen LogP contribution in [-0.4, -0.2) is 29.2 Å². The molecule has 0 radical (unpaired) electrons. The van der Waals surface area contributed by atoms with Crippen molar-refractivity contribution in [2.75, 3.05) is 24.2 Å². The Balaban J connectivity index is 1.92. The van der Waals surface area contributed by atoms with Crippen molar-refractivity contribution in [1.82, 2.24) is 9.97 Å². The summed E-state index contributed by atoms with van der Waals surface area (Å²) in [5.41, 5.74) is 5.47. The van der Waals surface area contributed by atoms with Crippen molar-refractivity contribution in [3.63, 3.8) is 0 Å². The van der Waals surface area contributed by atoms with E-state index in [4.69, 9.17) is 22.1 Å². The first-order valence-corrected chi connectivity index (χ1v) is 5.27. The molecule has 82 valence electrons. The van der Waals surface area contributed by atoms with Crippen LogP contribution in [0.25, 0.3) is 0 Å². The maximum atomic E-state index is 5.74. The zero-order valence-electron chi connectivity index (χ0n) is 8.24. The molecule has 1 saturated heterocycles. The summed E-state index contributed by atoms with van der Waals surface area (Å²) in [6.07, 6.45) is 2.47. The Morgan fingerprint density at radius 1 is 1.60 bits per heavy atom. The molecule has 2 rings (SSSR count). The molecule has 1 fully saturated rings. The number of anilines is 2. The number of rotatable bonds is 3. The summed E-state index contributed by atoms with van der Waals surface area (Å²) in [7, 11) is 0. The Kier molecular flexibility index (Phi) is 3.23. The smallest absolute Gasteiger partial charge is 0.223 e. The standard InChI is InChI=1S/C9H13ClN4O/c10-7-4-8(14-9(11)13-7)12-5-6-2-1-3-15-6/h4,6H,1-3,5H2,(H3,11,12,13,14)/t6-/m0/s1. The highest BCUT2D eigenvalue weighted by Crippen LogP contribution is 2.15. The van der Waals surface area contributed by atoms with E-state index in [0.29, 0.717) is 11.0 Å². The third-order valence-corrected chi connectivity index (χ3v) is 2.44. The van der Waals surface area contributed by atoms with Crippen LogP contribution < -0.4 is 11.1 Å². The molecule has 0 saturated carbocycles. The van der Waals surface area contributed by atoms with E-state index in [1.807, 2.05) is 0 Å². The number of nitrogens with zero attached hydrogens (tertiary/aromatic N) is 2. The molecule has 1 aliphatic heterocycles. The summed E-state index contributed by atoms with van der Waals surface area (Å²) >= 11 is 5.74. The van der Waals surface area contributed by atoms with E-state index < -0.39 is 0 Å². The number of nitrogens with two attached hydrogens (primary N) is 1. The number of hydrogen-bond donors (Lipinski definition) is 2. The molecular weight excluding hydrogens is 216 g/mol. The van der Waals surface area contributed by atoms with Gasteiger partial charge in [-0.05, 0) is 12.8 Å². The molecule has 0 amide bonds. The molecule has 1 aromatic rings. The maximum absolute atomic E-state index is 5.74. The third kappa shape index (κ3) is 2.94. The zero-order valence-corrected chi connectivity index (χ0v) is 9.00. The topological polar surface area (TPSA) is 73.1 Å². The molecule has 1 aliphatic rings. The monoisotopic (exact) mass is 228 g/mol. The lowest BCUT2D eigenvalue weighted by molar-refractivity contribution is 0.120. The predicted molar refractivity (Wildman–Crippen MR) is 58.9 cm³/mol. The molecule has 0 bridgehead atoms. The van der Waals surface area contributed by atoms with E-state index in [0.717, 1.165) is 26.0 Å². The van der Waals surface area contributed by atoms with Crippen LogP contribution >= 0.6 is 11.6 Å². The van der Waals surface area contributed by atoms with Crippen molar-refractivity contribution in [2.24, 2.45) is 0 Å². The number of halogens is 1. The summed E-state index contributed by atoms with van der Waals surface area (Å²) in [6.45, 7) is 1.58. The van der Waals surface area contributed by atoms with Crippen molar-refractivity contribution in [3.8, 4) is 0 Å². The Labute approximate surface area is 93.0 Å². The molecule has 0 unspecified atom stereocenters. The summed E-state index contributed by atoms with van der Waals surface area (Å²) in [5.74, 6) is 0.820. The fraction of sp³-hybridized carbons (Fsp3) is 0.556. The van der Waals surface area contributed by atoms with Gasteiger partial charge in [-0.1, -0.05) is 11.6 Å². The molecular formula is C9H13ClN4O. The van der Waals surface area contributed by atoms with Crippen LogP contribution in [0.15, 0.2) is 6.07 Å². The molecule has 5 nitrogen and oxygen atoms in total. The first kappa shape index (κ1) is 10.4. The number of aromatic nitrogens is 2. The molecule has 0 aliphatic carbocycles. The number of nitrogen functional groups attached to an aromatic ring is 1. The Bertz CT molecular complexity index is 321. The van der Waals surface area contributed by atoms with Crippen molar-refractivity contribution < 1.29 is 4.74 Å². The molecule has 0 spiro atoms. The fourth-order valence-corrected chi connectivity index (χ4v) is 1.74. The van der Waals surface area contributed by atoms with Gasteiger partial charge in [0.1, 0.15) is 11.0 Å². The van der Waals surface area contributed by atoms with E-state index in [2.05, 4.69) is 15.3 Å². The van der Waals surface area contributed by atoms with Crippen LogP contribution in [0.4, 0.5) is 11.8 Å². The van der Waals surface area contributed by atoms with Crippen LogP contribution in [0.1, 0.15) is 12.8 Å². The fourth-order valence-electron chi connectivity index (χ4n) is 1.55. The highest BCUT2D eigenvalue weighted by atomic mass is 35.5. The van der Waals surface area contributed by atoms with Crippen LogP contribution in [0.3, 0.4) is 0 Å². The van der Waals surface area contributed by atoms with Crippen LogP contribution in [0, 0.1) is 0 Å². The molecule has 3 N–H and O–H groups in total. The molecule has 2 heterocycles. The maximum Gasteiger partial charge on any atom is 0.223 e. The van der Waals surface area contributed by atoms with Gasteiger partial charge in [0, 0.05) is 19.2 Å². The minimum atomic E-state index is 0.178. The van der Waals surface area contributed by atoms with Crippen molar-refractivity contribution in [1.29, 1.82) is 0 Å². The number of nitrogens with one attached hydrogen (secondary N) is 1. The van der Waals surface area contributed by atoms with E-state index >= 15 is 0 Å². The first-order valence-electron chi connectivity index (χ1n) is 4.89. The number of ether oxygens (including phenoxy) is 1. The normalized spacial score (nSPS) is 20.5.